The number of imidazole rings is 1. The maximum absolute atomic E-state index is 5.96. The average Bonchev–Trinajstić information content (AvgIpc) is 2.57. The van der Waals surface area contributed by atoms with Gasteiger partial charge in [0.15, 0.2) is 0 Å². The summed E-state index contributed by atoms with van der Waals surface area (Å²) in [4.78, 5) is 4.32. The molecule has 0 aliphatic heterocycles. The molecule has 0 aromatic carbocycles. The number of aromatic nitrogens is 2. The van der Waals surface area contributed by atoms with Crippen LogP contribution in [-0.4, -0.2) is 9.55 Å². The summed E-state index contributed by atoms with van der Waals surface area (Å²) in [5.41, 5.74) is 6.99. The Morgan fingerprint density at radius 3 is 2.93 bits per heavy atom. The summed E-state index contributed by atoms with van der Waals surface area (Å²) in [6.45, 7) is 6.65. The smallest absolute Gasteiger partial charge is 0.126 e. The van der Waals surface area contributed by atoms with Crippen molar-refractivity contribution in [3.05, 3.63) is 24.7 Å². The summed E-state index contributed by atoms with van der Waals surface area (Å²) >= 11 is 0. The van der Waals surface area contributed by atoms with Crippen molar-refractivity contribution in [2.45, 2.75) is 45.6 Å². The summed E-state index contributed by atoms with van der Waals surface area (Å²) < 4.78 is 1.93. The number of unbranched alkanes of at least 4 members (excludes halogenated alkanes) is 3. The largest absolute Gasteiger partial charge is 0.384 e. The standard InChI is InChI=1S/C12H21N3/c1-3-5-6-7-8-11-12(13)15(9-4-2)10-14-11/h4,10H,2-3,5-9,13H2,1H3. The van der Waals surface area contributed by atoms with Gasteiger partial charge in [0, 0.05) is 6.54 Å². The van der Waals surface area contributed by atoms with Crippen LogP contribution in [0.4, 0.5) is 5.82 Å². The van der Waals surface area contributed by atoms with Gasteiger partial charge in [-0.2, -0.15) is 0 Å². The van der Waals surface area contributed by atoms with E-state index in [9.17, 15) is 0 Å². The second-order valence-electron chi connectivity index (χ2n) is 3.83. The Balaban J connectivity index is 2.43. The molecule has 0 bridgehead atoms. The molecule has 2 N–H and O–H groups in total. The Kier molecular flexibility index (Phi) is 4.95. The van der Waals surface area contributed by atoms with E-state index in [-0.39, 0.29) is 0 Å². The van der Waals surface area contributed by atoms with Crippen molar-refractivity contribution in [1.82, 2.24) is 9.55 Å². The van der Waals surface area contributed by atoms with Crippen LogP contribution >= 0.6 is 0 Å². The molecule has 3 heteroatoms. The van der Waals surface area contributed by atoms with Crippen LogP contribution in [0, 0.1) is 0 Å². The number of nitrogen functional groups attached to an aromatic ring is 1. The summed E-state index contributed by atoms with van der Waals surface area (Å²) in [7, 11) is 0. The second-order valence-corrected chi connectivity index (χ2v) is 3.83. The van der Waals surface area contributed by atoms with Gasteiger partial charge in [0.25, 0.3) is 0 Å². The maximum Gasteiger partial charge on any atom is 0.126 e. The minimum atomic E-state index is 0.744. The lowest BCUT2D eigenvalue weighted by molar-refractivity contribution is 0.662. The van der Waals surface area contributed by atoms with Gasteiger partial charge in [-0.3, -0.25) is 0 Å². The third-order valence-corrected chi connectivity index (χ3v) is 2.55. The predicted molar refractivity (Wildman–Crippen MR) is 64.7 cm³/mol. The first-order valence-electron chi connectivity index (χ1n) is 5.70. The number of anilines is 1. The van der Waals surface area contributed by atoms with Gasteiger partial charge in [0.1, 0.15) is 5.82 Å². The molecule has 0 amide bonds. The SMILES string of the molecule is C=CCn1cnc(CCCCCC)c1N. The topological polar surface area (TPSA) is 43.8 Å². The molecule has 84 valence electrons. The Morgan fingerprint density at radius 1 is 1.47 bits per heavy atom. The molecule has 15 heavy (non-hydrogen) atoms. The molecule has 0 spiro atoms. The number of rotatable bonds is 7. The molecule has 0 saturated carbocycles. The van der Waals surface area contributed by atoms with Gasteiger partial charge in [-0.15, -0.1) is 6.58 Å². The summed E-state index contributed by atoms with van der Waals surface area (Å²) in [5.74, 6) is 0.798. The molecule has 0 unspecified atom stereocenters. The number of hydrogen-bond acceptors (Lipinski definition) is 2. The molecule has 0 atom stereocenters. The molecular formula is C12H21N3. The molecule has 1 aromatic rings. The Morgan fingerprint density at radius 2 is 2.27 bits per heavy atom. The predicted octanol–water partition coefficient (Wildman–Crippen LogP) is 2.77. The van der Waals surface area contributed by atoms with Crippen LogP contribution in [0.1, 0.15) is 38.3 Å². The molecular weight excluding hydrogens is 186 g/mol. The van der Waals surface area contributed by atoms with E-state index < -0.39 is 0 Å². The van der Waals surface area contributed by atoms with Crippen LogP contribution in [0.3, 0.4) is 0 Å². The number of hydrogen-bond donors (Lipinski definition) is 1. The van der Waals surface area contributed by atoms with Gasteiger partial charge < -0.3 is 10.3 Å². The number of allylic oxidation sites excluding steroid dienone is 1. The van der Waals surface area contributed by atoms with Gasteiger partial charge in [0.2, 0.25) is 0 Å². The molecule has 0 aliphatic rings. The summed E-state index contributed by atoms with van der Waals surface area (Å²) in [6.07, 6.45) is 9.64. The zero-order valence-electron chi connectivity index (χ0n) is 9.58. The monoisotopic (exact) mass is 207 g/mol. The quantitative estimate of drug-likeness (QED) is 0.552. The van der Waals surface area contributed by atoms with E-state index in [0.717, 1.165) is 24.5 Å². The molecule has 0 saturated heterocycles. The van der Waals surface area contributed by atoms with E-state index in [0.29, 0.717) is 0 Å². The lowest BCUT2D eigenvalue weighted by Crippen LogP contribution is -2.01. The second kappa shape index (κ2) is 6.27. The van der Waals surface area contributed by atoms with Crippen molar-refractivity contribution in [1.29, 1.82) is 0 Å². The fourth-order valence-corrected chi connectivity index (χ4v) is 1.63. The van der Waals surface area contributed by atoms with Crippen molar-refractivity contribution in [3.8, 4) is 0 Å². The fraction of sp³-hybridized carbons (Fsp3) is 0.583. The molecule has 1 rings (SSSR count). The summed E-state index contributed by atoms with van der Waals surface area (Å²) in [5, 5.41) is 0. The van der Waals surface area contributed by atoms with Crippen LogP contribution < -0.4 is 5.73 Å². The minimum absolute atomic E-state index is 0.744. The van der Waals surface area contributed by atoms with Crippen molar-refractivity contribution in [2.75, 3.05) is 5.73 Å². The average molecular weight is 207 g/mol. The van der Waals surface area contributed by atoms with Crippen LogP contribution in [0.5, 0.6) is 0 Å². The van der Waals surface area contributed by atoms with E-state index >= 15 is 0 Å². The first-order chi connectivity index (χ1) is 7.29. The lowest BCUT2D eigenvalue weighted by atomic mass is 10.1. The first kappa shape index (κ1) is 11.8. The van der Waals surface area contributed by atoms with Crippen molar-refractivity contribution in [3.63, 3.8) is 0 Å². The van der Waals surface area contributed by atoms with Crippen LogP contribution in [0.15, 0.2) is 19.0 Å². The third-order valence-electron chi connectivity index (χ3n) is 2.55. The lowest BCUT2D eigenvalue weighted by Gasteiger charge is -2.02. The Bertz CT molecular complexity index is 302. The van der Waals surface area contributed by atoms with Gasteiger partial charge in [-0.05, 0) is 12.8 Å². The molecule has 0 aliphatic carbocycles. The van der Waals surface area contributed by atoms with E-state index in [1.807, 2.05) is 10.6 Å². The normalized spacial score (nSPS) is 10.5. The number of aryl methyl sites for hydroxylation is 1. The van der Waals surface area contributed by atoms with Crippen LogP contribution in [0.2, 0.25) is 0 Å². The van der Waals surface area contributed by atoms with E-state index in [1.54, 1.807) is 6.33 Å². The highest BCUT2D eigenvalue weighted by Crippen LogP contribution is 2.13. The molecule has 1 heterocycles. The van der Waals surface area contributed by atoms with E-state index in [4.69, 9.17) is 5.73 Å². The van der Waals surface area contributed by atoms with Gasteiger partial charge in [0.05, 0.1) is 12.0 Å². The van der Waals surface area contributed by atoms with Gasteiger partial charge in [-0.25, -0.2) is 4.98 Å². The minimum Gasteiger partial charge on any atom is -0.384 e. The third kappa shape index (κ3) is 3.42. The molecule has 0 radical (unpaired) electrons. The molecule has 0 fully saturated rings. The zero-order chi connectivity index (χ0) is 11.1. The van der Waals surface area contributed by atoms with Crippen molar-refractivity contribution < 1.29 is 0 Å². The fourth-order valence-electron chi connectivity index (χ4n) is 1.63. The van der Waals surface area contributed by atoms with Crippen LogP contribution in [0.25, 0.3) is 0 Å². The highest BCUT2D eigenvalue weighted by Gasteiger charge is 2.05. The van der Waals surface area contributed by atoms with Crippen molar-refractivity contribution in [2.24, 2.45) is 0 Å². The first-order valence-corrected chi connectivity index (χ1v) is 5.70. The highest BCUT2D eigenvalue weighted by molar-refractivity contribution is 5.36. The van der Waals surface area contributed by atoms with Crippen LogP contribution in [-0.2, 0) is 13.0 Å². The highest BCUT2D eigenvalue weighted by atomic mass is 15.1. The number of nitrogens with zero attached hydrogens (tertiary/aromatic N) is 2. The van der Waals surface area contributed by atoms with Gasteiger partial charge >= 0.3 is 0 Å². The molecule has 1 aromatic heterocycles. The van der Waals surface area contributed by atoms with E-state index in [1.165, 1.54) is 25.7 Å². The zero-order valence-corrected chi connectivity index (χ0v) is 9.58. The molecule has 3 nitrogen and oxygen atoms in total. The number of nitrogens with two attached hydrogens (primary N) is 1. The maximum atomic E-state index is 5.96. The van der Waals surface area contributed by atoms with Gasteiger partial charge in [-0.1, -0.05) is 32.3 Å². The Labute approximate surface area is 92.0 Å². The van der Waals surface area contributed by atoms with Crippen molar-refractivity contribution >= 4 is 5.82 Å². The van der Waals surface area contributed by atoms with E-state index in [2.05, 4.69) is 18.5 Å². The summed E-state index contributed by atoms with van der Waals surface area (Å²) in [6, 6.07) is 0. The Hall–Kier alpha value is -1.25.